The molecule has 2 N–H and O–H groups in total. The molecule has 0 aliphatic carbocycles. The van der Waals surface area contributed by atoms with Crippen molar-refractivity contribution in [3.63, 3.8) is 0 Å². The lowest BCUT2D eigenvalue weighted by Crippen LogP contribution is -2.51. The second-order valence-corrected chi connectivity index (χ2v) is 10.6. The number of hydrogen-bond donors (Lipinski definition) is 2. The smallest absolute Gasteiger partial charge is 0.238 e. The first kappa shape index (κ1) is 23.2. The fourth-order valence-corrected chi connectivity index (χ4v) is 5.01. The molecular weight excluding hydrogens is 428 g/mol. The lowest BCUT2D eigenvalue weighted by atomic mass is 9.74. The Hall–Kier alpha value is -1.49. The van der Waals surface area contributed by atoms with Gasteiger partial charge < -0.3 is 19.5 Å². The van der Waals surface area contributed by atoms with Crippen LogP contribution in [0.1, 0.15) is 31.7 Å². The molecule has 3 rings (SSSR count). The molecule has 0 saturated carbocycles. The largest absolute Gasteiger partial charge is 0.454 e. The summed E-state index contributed by atoms with van der Waals surface area (Å²) in [4.78, 5) is 12.9. The Balaban J connectivity index is 1.75. The summed E-state index contributed by atoms with van der Waals surface area (Å²) in [5.74, 6) is 1.75. The van der Waals surface area contributed by atoms with E-state index in [1.165, 1.54) is 0 Å². The molecule has 1 aromatic carbocycles. The minimum Gasteiger partial charge on any atom is -0.454 e. The molecule has 0 radical (unpaired) electrons. The molecule has 2 aliphatic heterocycles. The predicted octanol–water partition coefficient (Wildman–Crippen LogP) is 1.64. The normalized spacial score (nSPS) is 18.7. The molecular formula is C20H30N2O6S2. The summed E-state index contributed by atoms with van der Waals surface area (Å²) >= 11 is 1.58. The third-order valence-electron chi connectivity index (χ3n) is 5.66. The summed E-state index contributed by atoms with van der Waals surface area (Å²) in [6, 6.07) is 5.10. The van der Waals surface area contributed by atoms with Gasteiger partial charge in [0.25, 0.3) is 0 Å². The van der Waals surface area contributed by atoms with Gasteiger partial charge in [-0.3, -0.25) is 4.79 Å². The van der Waals surface area contributed by atoms with Crippen molar-refractivity contribution in [1.29, 1.82) is 0 Å². The van der Waals surface area contributed by atoms with Gasteiger partial charge in [-0.15, -0.1) is 0 Å². The molecule has 168 valence electrons. The van der Waals surface area contributed by atoms with Crippen molar-refractivity contribution in [2.75, 3.05) is 44.3 Å². The van der Waals surface area contributed by atoms with E-state index in [9.17, 15) is 13.2 Å². The van der Waals surface area contributed by atoms with Crippen LogP contribution in [0.4, 0.5) is 0 Å². The van der Waals surface area contributed by atoms with Gasteiger partial charge in [-0.2, -0.15) is 11.8 Å². The molecule has 2 aliphatic rings. The maximum atomic E-state index is 12.9. The molecule has 2 heterocycles. The highest BCUT2D eigenvalue weighted by atomic mass is 32.2. The van der Waals surface area contributed by atoms with Gasteiger partial charge >= 0.3 is 0 Å². The van der Waals surface area contributed by atoms with Crippen LogP contribution in [0.2, 0.25) is 0 Å². The SMILES string of the molecule is CCS(=O)(=O)NC(CCSC)C(=O)NCC1(c2ccc3c(c2)OCO3)CCOCC1. The predicted molar refractivity (Wildman–Crippen MR) is 117 cm³/mol. The molecule has 10 heteroatoms. The second kappa shape index (κ2) is 10.2. The van der Waals surface area contributed by atoms with Crippen LogP contribution in [0.15, 0.2) is 18.2 Å². The Labute approximate surface area is 182 Å². The number of carbonyl (C=O) groups is 1. The zero-order valence-corrected chi connectivity index (χ0v) is 19.1. The summed E-state index contributed by atoms with van der Waals surface area (Å²) in [7, 11) is -3.48. The van der Waals surface area contributed by atoms with E-state index < -0.39 is 16.1 Å². The Morgan fingerprint density at radius 3 is 2.67 bits per heavy atom. The van der Waals surface area contributed by atoms with Crippen molar-refractivity contribution >= 4 is 27.7 Å². The fourth-order valence-electron chi connectivity index (χ4n) is 3.71. The third-order valence-corrected chi connectivity index (χ3v) is 7.71. The topological polar surface area (TPSA) is 103 Å². The average molecular weight is 459 g/mol. The lowest BCUT2D eigenvalue weighted by Gasteiger charge is -2.38. The number of sulfonamides is 1. The Morgan fingerprint density at radius 2 is 1.97 bits per heavy atom. The summed E-state index contributed by atoms with van der Waals surface area (Å²) in [6.07, 6.45) is 3.87. The van der Waals surface area contributed by atoms with Gasteiger partial charge in [0.05, 0.1) is 5.75 Å². The zero-order chi connectivity index (χ0) is 21.6. The van der Waals surface area contributed by atoms with Gasteiger partial charge in [0, 0.05) is 25.2 Å². The standard InChI is InChI=1S/C20H30N2O6S2/c1-3-30(24,25)22-16(6-11-29-2)19(23)21-13-20(7-9-26-10-8-20)15-4-5-17-18(12-15)28-14-27-17/h4-5,12,16,22H,3,6-11,13-14H2,1-2H3,(H,21,23). The Kier molecular flexibility index (Phi) is 7.89. The fraction of sp³-hybridized carbons (Fsp3) is 0.650. The Bertz CT molecular complexity index is 840. The van der Waals surface area contributed by atoms with Crippen molar-refractivity contribution in [2.24, 2.45) is 0 Å². The van der Waals surface area contributed by atoms with Gasteiger partial charge in [0.2, 0.25) is 22.7 Å². The highest BCUT2D eigenvalue weighted by molar-refractivity contribution is 7.98. The third kappa shape index (κ3) is 5.60. The van der Waals surface area contributed by atoms with E-state index in [0.717, 1.165) is 24.2 Å². The maximum Gasteiger partial charge on any atom is 0.238 e. The monoisotopic (exact) mass is 458 g/mol. The molecule has 1 fully saturated rings. The van der Waals surface area contributed by atoms with E-state index in [0.29, 0.717) is 37.7 Å². The number of rotatable bonds is 10. The highest BCUT2D eigenvalue weighted by Gasteiger charge is 2.37. The maximum absolute atomic E-state index is 12.9. The number of fused-ring (bicyclic) bond motifs is 1. The van der Waals surface area contributed by atoms with E-state index in [1.54, 1.807) is 18.7 Å². The van der Waals surface area contributed by atoms with Crippen molar-refractivity contribution < 1.29 is 27.4 Å². The van der Waals surface area contributed by atoms with Crippen LogP contribution in [0.3, 0.4) is 0 Å². The number of ether oxygens (including phenoxy) is 3. The van der Waals surface area contributed by atoms with Crippen LogP contribution in [0.5, 0.6) is 11.5 Å². The van der Waals surface area contributed by atoms with E-state index >= 15 is 0 Å². The minimum atomic E-state index is -3.48. The van der Waals surface area contributed by atoms with E-state index in [-0.39, 0.29) is 23.9 Å². The van der Waals surface area contributed by atoms with E-state index in [2.05, 4.69) is 10.0 Å². The number of thioether (sulfide) groups is 1. The number of hydrogen-bond acceptors (Lipinski definition) is 7. The van der Waals surface area contributed by atoms with Gasteiger partial charge in [0.1, 0.15) is 6.04 Å². The molecule has 0 bridgehead atoms. The van der Waals surface area contributed by atoms with Crippen LogP contribution in [-0.4, -0.2) is 64.7 Å². The number of benzene rings is 1. The molecule has 1 unspecified atom stereocenters. The van der Waals surface area contributed by atoms with Crippen LogP contribution in [-0.2, 0) is 25.0 Å². The quantitative estimate of drug-likeness (QED) is 0.549. The van der Waals surface area contributed by atoms with Gasteiger partial charge in [0.15, 0.2) is 11.5 Å². The van der Waals surface area contributed by atoms with Gasteiger partial charge in [-0.1, -0.05) is 6.07 Å². The first-order chi connectivity index (χ1) is 14.4. The molecule has 0 spiro atoms. The van der Waals surface area contributed by atoms with Crippen LogP contribution >= 0.6 is 11.8 Å². The second-order valence-electron chi connectivity index (χ2n) is 7.53. The zero-order valence-electron chi connectivity index (χ0n) is 17.4. The van der Waals surface area contributed by atoms with Crippen molar-refractivity contribution in [3.05, 3.63) is 23.8 Å². The average Bonchev–Trinajstić information content (AvgIpc) is 3.23. The molecule has 8 nitrogen and oxygen atoms in total. The van der Waals surface area contributed by atoms with Crippen LogP contribution < -0.4 is 19.5 Å². The molecule has 1 atom stereocenters. The van der Waals surface area contributed by atoms with Gasteiger partial charge in [-0.25, -0.2) is 13.1 Å². The Morgan fingerprint density at radius 1 is 1.23 bits per heavy atom. The number of amides is 1. The lowest BCUT2D eigenvalue weighted by molar-refractivity contribution is -0.123. The first-order valence-corrected chi connectivity index (χ1v) is 13.2. The van der Waals surface area contributed by atoms with Crippen molar-refractivity contribution in [2.45, 2.75) is 37.6 Å². The summed E-state index contributed by atoms with van der Waals surface area (Å²) < 4.78 is 43.1. The minimum absolute atomic E-state index is 0.0610. The summed E-state index contributed by atoms with van der Waals surface area (Å²) in [5, 5.41) is 3.01. The summed E-state index contributed by atoms with van der Waals surface area (Å²) in [6.45, 7) is 3.37. The molecule has 30 heavy (non-hydrogen) atoms. The van der Waals surface area contributed by atoms with Crippen molar-refractivity contribution in [3.8, 4) is 11.5 Å². The highest BCUT2D eigenvalue weighted by Crippen LogP contribution is 2.40. The molecule has 1 aromatic rings. The van der Waals surface area contributed by atoms with Gasteiger partial charge in [-0.05, 0) is 55.9 Å². The van der Waals surface area contributed by atoms with Crippen molar-refractivity contribution in [1.82, 2.24) is 10.0 Å². The van der Waals surface area contributed by atoms with Crippen LogP contribution in [0, 0.1) is 0 Å². The van der Waals surface area contributed by atoms with E-state index in [4.69, 9.17) is 14.2 Å². The number of nitrogens with one attached hydrogen (secondary N) is 2. The molecule has 1 saturated heterocycles. The number of carbonyl (C=O) groups excluding carboxylic acids is 1. The first-order valence-electron chi connectivity index (χ1n) is 10.1. The van der Waals surface area contributed by atoms with E-state index in [1.807, 2.05) is 24.5 Å². The molecule has 0 aromatic heterocycles. The summed E-state index contributed by atoms with van der Waals surface area (Å²) in [5.41, 5.74) is 0.757. The molecule has 1 amide bonds. The van der Waals surface area contributed by atoms with Crippen LogP contribution in [0.25, 0.3) is 0 Å².